The largest absolute Gasteiger partial charge is 0.387 e. The lowest BCUT2D eigenvalue weighted by molar-refractivity contribution is 0.161. The molecule has 2 rings (SSSR count). The Labute approximate surface area is 108 Å². The fourth-order valence-electron chi connectivity index (χ4n) is 2.43. The van der Waals surface area contributed by atoms with Gasteiger partial charge in [0.05, 0.1) is 22.4 Å². The molecular formula is C13H19NO3S. The van der Waals surface area contributed by atoms with E-state index in [9.17, 15) is 13.5 Å². The molecule has 0 saturated heterocycles. The van der Waals surface area contributed by atoms with E-state index in [0.717, 1.165) is 18.4 Å². The first-order valence-electron chi connectivity index (χ1n) is 6.37. The van der Waals surface area contributed by atoms with Crippen LogP contribution in [0.5, 0.6) is 0 Å². The minimum absolute atomic E-state index is 0.0823. The quantitative estimate of drug-likeness (QED) is 0.833. The molecule has 0 aliphatic heterocycles. The van der Waals surface area contributed by atoms with Crippen molar-refractivity contribution in [3.8, 4) is 0 Å². The lowest BCUT2D eigenvalue weighted by Crippen LogP contribution is -2.13. The molecule has 100 valence electrons. The average Bonchev–Trinajstić information content (AvgIpc) is 2.51. The molecule has 0 saturated carbocycles. The summed E-state index contributed by atoms with van der Waals surface area (Å²) in [7, 11) is -3.25. The number of hydrogen-bond donors (Lipinski definition) is 1. The predicted molar refractivity (Wildman–Crippen MR) is 69.2 cm³/mol. The van der Waals surface area contributed by atoms with Crippen LogP contribution in [0.3, 0.4) is 0 Å². The van der Waals surface area contributed by atoms with E-state index in [1.807, 2.05) is 0 Å². The lowest BCUT2D eigenvalue weighted by Gasteiger charge is -2.15. The molecule has 5 heteroatoms. The second-order valence-corrected chi connectivity index (χ2v) is 7.04. The Morgan fingerprint density at radius 1 is 1.44 bits per heavy atom. The van der Waals surface area contributed by atoms with Gasteiger partial charge in [0.25, 0.3) is 0 Å². The van der Waals surface area contributed by atoms with Crippen LogP contribution in [0.2, 0.25) is 0 Å². The topological polar surface area (TPSA) is 67.3 Å². The lowest BCUT2D eigenvalue weighted by atomic mass is 10.1. The summed E-state index contributed by atoms with van der Waals surface area (Å²) in [6.07, 6.45) is 2.53. The average molecular weight is 269 g/mol. The van der Waals surface area contributed by atoms with E-state index in [0.29, 0.717) is 29.1 Å². The second-order valence-electron chi connectivity index (χ2n) is 4.79. The summed E-state index contributed by atoms with van der Waals surface area (Å²) in [6.45, 7) is 3.41. The van der Waals surface area contributed by atoms with Crippen molar-refractivity contribution in [2.24, 2.45) is 0 Å². The Bertz CT molecular complexity index is 552. The first kappa shape index (κ1) is 13.5. The molecule has 18 heavy (non-hydrogen) atoms. The normalized spacial score (nSPS) is 20.3. The molecule has 0 radical (unpaired) electrons. The Balaban J connectivity index is 2.68. The van der Waals surface area contributed by atoms with Crippen LogP contribution in [0.25, 0.3) is 0 Å². The van der Waals surface area contributed by atoms with Crippen molar-refractivity contribution >= 4 is 9.84 Å². The number of aliphatic hydroxyl groups is 1. The van der Waals surface area contributed by atoms with Crippen molar-refractivity contribution in [2.75, 3.05) is 5.75 Å². The standard InChI is InChI=1S/C13H19NO3S/c1-3-18(16,17)12-8-9(2)14-13-10(12)6-4-5-7-11(13)15/h8,11,15H,3-7H2,1-2H3. The van der Waals surface area contributed by atoms with E-state index in [1.165, 1.54) is 0 Å². The number of sulfone groups is 1. The van der Waals surface area contributed by atoms with E-state index >= 15 is 0 Å². The molecule has 1 atom stereocenters. The van der Waals surface area contributed by atoms with Crippen LogP contribution in [-0.4, -0.2) is 24.3 Å². The van der Waals surface area contributed by atoms with Gasteiger partial charge in [-0.1, -0.05) is 13.3 Å². The molecule has 1 aromatic rings. The number of pyridine rings is 1. The number of rotatable bonds is 2. The van der Waals surface area contributed by atoms with Gasteiger partial charge in [0.1, 0.15) is 0 Å². The molecule has 1 N–H and O–H groups in total. The van der Waals surface area contributed by atoms with Gasteiger partial charge < -0.3 is 5.11 Å². The van der Waals surface area contributed by atoms with Gasteiger partial charge in [-0.3, -0.25) is 4.98 Å². The van der Waals surface area contributed by atoms with E-state index in [2.05, 4.69) is 4.98 Å². The first-order valence-corrected chi connectivity index (χ1v) is 8.02. The maximum absolute atomic E-state index is 12.1. The maximum Gasteiger partial charge on any atom is 0.178 e. The predicted octanol–water partition coefficient (Wildman–Crippen LogP) is 1.94. The molecular weight excluding hydrogens is 250 g/mol. The van der Waals surface area contributed by atoms with Crippen LogP contribution in [0.15, 0.2) is 11.0 Å². The highest BCUT2D eigenvalue weighted by Gasteiger charge is 2.25. The zero-order valence-electron chi connectivity index (χ0n) is 10.8. The van der Waals surface area contributed by atoms with Crippen molar-refractivity contribution < 1.29 is 13.5 Å². The Morgan fingerprint density at radius 2 is 2.17 bits per heavy atom. The van der Waals surface area contributed by atoms with Crippen LogP contribution in [0.1, 0.15) is 49.2 Å². The van der Waals surface area contributed by atoms with Gasteiger partial charge >= 0.3 is 0 Å². The molecule has 0 bridgehead atoms. The Morgan fingerprint density at radius 3 is 2.83 bits per heavy atom. The van der Waals surface area contributed by atoms with Crippen molar-refractivity contribution in [2.45, 2.75) is 50.5 Å². The van der Waals surface area contributed by atoms with Gasteiger partial charge in [-0.2, -0.15) is 0 Å². The van der Waals surface area contributed by atoms with Gasteiger partial charge in [-0.05, 0) is 37.8 Å². The molecule has 0 aromatic carbocycles. The molecule has 0 amide bonds. The number of fused-ring (bicyclic) bond motifs is 1. The molecule has 0 fully saturated rings. The fourth-order valence-corrected chi connectivity index (χ4v) is 3.67. The van der Waals surface area contributed by atoms with Crippen molar-refractivity contribution in [3.63, 3.8) is 0 Å². The molecule has 4 nitrogen and oxygen atoms in total. The smallest absolute Gasteiger partial charge is 0.178 e. The van der Waals surface area contributed by atoms with E-state index in [1.54, 1.807) is 19.9 Å². The maximum atomic E-state index is 12.1. The first-order chi connectivity index (χ1) is 8.45. The molecule has 1 aliphatic carbocycles. The molecule has 1 aliphatic rings. The van der Waals surface area contributed by atoms with Crippen molar-refractivity contribution in [3.05, 3.63) is 23.0 Å². The number of aryl methyl sites for hydroxylation is 1. The van der Waals surface area contributed by atoms with Gasteiger partial charge in [0.15, 0.2) is 9.84 Å². The van der Waals surface area contributed by atoms with Crippen LogP contribution < -0.4 is 0 Å². The van der Waals surface area contributed by atoms with Gasteiger partial charge in [0, 0.05) is 5.69 Å². The van der Waals surface area contributed by atoms with E-state index in [4.69, 9.17) is 0 Å². The Hall–Kier alpha value is -0.940. The third-order valence-corrected chi connectivity index (χ3v) is 5.22. The number of aliphatic hydroxyl groups excluding tert-OH is 1. The zero-order valence-corrected chi connectivity index (χ0v) is 11.6. The van der Waals surface area contributed by atoms with Crippen molar-refractivity contribution in [1.82, 2.24) is 4.98 Å². The Kier molecular flexibility index (Phi) is 3.73. The SMILES string of the molecule is CCS(=O)(=O)c1cc(C)nc2c1CCCCC2O. The number of aromatic nitrogens is 1. The fraction of sp³-hybridized carbons (Fsp3) is 0.615. The van der Waals surface area contributed by atoms with Crippen molar-refractivity contribution in [1.29, 1.82) is 0 Å². The highest BCUT2D eigenvalue weighted by atomic mass is 32.2. The third kappa shape index (κ3) is 2.42. The third-order valence-electron chi connectivity index (χ3n) is 3.43. The van der Waals surface area contributed by atoms with Crippen LogP contribution in [-0.2, 0) is 16.3 Å². The van der Waals surface area contributed by atoms with Gasteiger partial charge in [-0.15, -0.1) is 0 Å². The minimum Gasteiger partial charge on any atom is -0.387 e. The highest BCUT2D eigenvalue weighted by molar-refractivity contribution is 7.91. The number of hydrogen-bond acceptors (Lipinski definition) is 4. The summed E-state index contributed by atoms with van der Waals surface area (Å²) in [5.74, 6) is 0.0823. The summed E-state index contributed by atoms with van der Waals surface area (Å²) in [6, 6.07) is 1.63. The minimum atomic E-state index is -3.25. The summed E-state index contributed by atoms with van der Waals surface area (Å²) >= 11 is 0. The summed E-state index contributed by atoms with van der Waals surface area (Å²) < 4.78 is 24.3. The highest BCUT2D eigenvalue weighted by Crippen LogP contribution is 2.32. The van der Waals surface area contributed by atoms with E-state index in [-0.39, 0.29) is 5.75 Å². The summed E-state index contributed by atoms with van der Waals surface area (Å²) in [5, 5.41) is 10.1. The zero-order chi connectivity index (χ0) is 13.3. The summed E-state index contributed by atoms with van der Waals surface area (Å²) in [4.78, 5) is 4.72. The van der Waals surface area contributed by atoms with Crippen LogP contribution >= 0.6 is 0 Å². The summed E-state index contributed by atoms with van der Waals surface area (Å²) in [5.41, 5.74) is 1.95. The van der Waals surface area contributed by atoms with Crippen LogP contribution in [0.4, 0.5) is 0 Å². The monoisotopic (exact) mass is 269 g/mol. The molecule has 1 heterocycles. The van der Waals surface area contributed by atoms with Gasteiger partial charge in [0.2, 0.25) is 0 Å². The number of nitrogens with zero attached hydrogens (tertiary/aromatic N) is 1. The molecule has 1 aromatic heterocycles. The molecule has 1 unspecified atom stereocenters. The van der Waals surface area contributed by atoms with E-state index < -0.39 is 15.9 Å². The van der Waals surface area contributed by atoms with Gasteiger partial charge in [-0.25, -0.2) is 8.42 Å². The van der Waals surface area contributed by atoms with Crippen LogP contribution in [0, 0.1) is 6.92 Å². The second kappa shape index (κ2) is 4.97. The molecule has 0 spiro atoms.